The van der Waals surface area contributed by atoms with Crippen molar-refractivity contribution in [1.29, 1.82) is 0 Å². The van der Waals surface area contributed by atoms with Crippen molar-refractivity contribution in [2.24, 2.45) is 5.92 Å². The summed E-state index contributed by atoms with van der Waals surface area (Å²) in [5, 5.41) is 13.3. The highest BCUT2D eigenvalue weighted by Gasteiger charge is 2.19. The van der Waals surface area contributed by atoms with Crippen LogP contribution in [0.5, 0.6) is 5.75 Å². The summed E-state index contributed by atoms with van der Waals surface area (Å²) in [4.78, 5) is 0. The Kier molecular flexibility index (Phi) is 5.86. The molecule has 0 spiro atoms. The van der Waals surface area contributed by atoms with Crippen LogP contribution in [-0.2, 0) is 0 Å². The van der Waals surface area contributed by atoms with Gasteiger partial charge in [-0.3, -0.25) is 0 Å². The molecule has 0 saturated heterocycles. The molecule has 0 radical (unpaired) electrons. The first-order chi connectivity index (χ1) is 9.69. The molecular formula is C17H27NO2. The molecule has 112 valence electrons. The van der Waals surface area contributed by atoms with E-state index in [1.807, 2.05) is 25.2 Å². The predicted molar refractivity (Wildman–Crippen MR) is 82.0 cm³/mol. The quantitative estimate of drug-likeness (QED) is 0.803. The molecule has 1 fully saturated rings. The SMILES string of the molecule is CNC(C)c1cccc(OCC(O)CC2CCCC2)c1. The number of ether oxygens (including phenoxy) is 1. The van der Waals surface area contributed by atoms with Gasteiger partial charge in [-0.2, -0.15) is 0 Å². The van der Waals surface area contributed by atoms with E-state index < -0.39 is 0 Å². The average molecular weight is 277 g/mol. The molecule has 3 heteroatoms. The van der Waals surface area contributed by atoms with Gasteiger partial charge in [-0.1, -0.05) is 37.8 Å². The van der Waals surface area contributed by atoms with Crippen molar-refractivity contribution in [2.75, 3.05) is 13.7 Å². The smallest absolute Gasteiger partial charge is 0.119 e. The van der Waals surface area contributed by atoms with Crippen LogP contribution in [0.15, 0.2) is 24.3 Å². The molecule has 0 aromatic heterocycles. The van der Waals surface area contributed by atoms with E-state index in [1.165, 1.54) is 31.2 Å². The fourth-order valence-electron chi connectivity index (χ4n) is 2.93. The summed E-state index contributed by atoms with van der Waals surface area (Å²) in [6, 6.07) is 8.39. The summed E-state index contributed by atoms with van der Waals surface area (Å²) < 4.78 is 5.74. The van der Waals surface area contributed by atoms with Crippen molar-refractivity contribution in [3.05, 3.63) is 29.8 Å². The van der Waals surface area contributed by atoms with Gasteiger partial charge >= 0.3 is 0 Å². The maximum Gasteiger partial charge on any atom is 0.119 e. The van der Waals surface area contributed by atoms with E-state index in [2.05, 4.69) is 18.3 Å². The zero-order valence-electron chi connectivity index (χ0n) is 12.6. The molecule has 2 unspecified atom stereocenters. The van der Waals surface area contributed by atoms with Crippen molar-refractivity contribution >= 4 is 0 Å². The monoisotopic (exact) mass is 277 g/mol. The fraction of sp³-hybridized carbons (Fsp3) is 0.647. The summed E-state index contributed by atoms with van der Waals surface area (Å²) in [5.74, 6) is 1.54. The molecule has 20 heavy (non-hydrogen) atoms. The fourth-order valence-corrected chi connectivity index (χ4v) is 2.93. The van der Waals surface area contributed by atoms with Crippen molar-refractivity contribution in [3.8, 4) is 5.75 Å². The third-order valence-electron chi connectivity index (χ3n) is 4.31. The summed E-state index contributed by atoms with van der Waals surface area (Å²) >= 11 is 0. The second-order valence-corrected chi connectivity index (χ2v) is 5.93. The van der Waals surface area contributed by atoms with E-state index in [1.54, 1.807) is 0 Å². The Morgan fingerprint density at radius 2 is 2.10 bits per heavy atom. The van der Waals surface area contributed by atoms with Crippen molar-refractivity contribution < 1.29 is 9.84 Å². The van der Waals surface area contributed by atoms with Gasteiger partial charge in [0.05, 0.1) is 6.10 Å². The molecule has 0 bridgehead atoms. The molecule has 1 aliphatic rings. The Hall–Kier alpha value is -1.06. The number of hydrogen-bond donors (Lipinski definition) is 2. The molecule has 1 aromatic carbocycles. The Labute approximate surface area is 122 Å². The van der Waals surface area contributed by atoms with Gasteiger partial charge in [0.25, 0.3) is 0 Å². The normalized spacial score (nSPS) is 18.9. The van der Waals surface area contributed by atoms with E-state index in [0.717, 1.165) is 12.2 Å². The molecule has 1 aliphatic carbocycles. The molecule has 2 atom stereocenters. The van der Waals surface area contributed by atoms with Crippen LogP contribution in [0, 0.1) is 5.92 Å². The molecule has 0 aliphatic heterocycles. The van der Waals surface area contributed by atoms with E-state index in [0.29, 0.717) is 18.6 Å². The Morgan fingerprint density at radius 3 is 2.80 bits per heavy atom. The van der Waals surface area contributed by atoms with Crippen molar-refractivity contribution in [3.63, 3.8) is 0 Å². The van der Waals surface area contributed by atoms with Crippen LogP contribution in [0.1, 0.15) is 50.6 Å². The average Bonchev–Trinajstić information content (AvgIpc) is 2.97. The molecule has 1 saturated carbocycles. The lowest BCUT2D eigenvalue weighted by Gasteiger charge is -2.17. The van der Waals surface area contributed by atoms with Crippen LogP contribution in [0.2, 0.25) is 0 Å². The van der Waals surface area contributed by atoms with E-state index >= 15 is 0 Å². The van der Waals surface area contributed by atoms with Gasteiger partial charge < -0.3 is 15.2 Å². The van der Waals surface area contributed by atoms with Crippen LogP contribution < -0.4 is 10.1 Å². The summed E-state index contributed by atoms with van der Waals surface area (Å²) in [6.45, 7) is 2.52. The molecular weight excluding hydrogens is 250 g/mol. The second-order valence-electron chi connectivity index (χ2n) is 5.93. The minimum Gasteiger partial charge on any atom is -0.491 e. The number of aliphatic hydroxyl groups excluding tert-OH is 1. The summed E-state index contributed by atoms with van der Waals surface area (Å²) in [5.41, 5.74) is 1.20. The first-order valence-corrected chi connectivity index (χ1v) is 7.77. The zero-order valence-corrected chi connectivity index (χ0v) is 12.6. The van der Waals surface area contributed by atoms with E-state index in [-0.39, 0.29) is 6.10 Å². The predicted octanol–water partition coefficient (Wildman–Crippen LogP) is 3.29. The van der Waals surface area contributed by atoms with Gasteiger partial charge in [0.2, 0.25) is 0 Å². The lowest BCUT2D eigenvalue weighted by atomic mass is 10.0. The number of hydrogen-bond acceptors (Lipinski definition) is 3. The Bertz CT molecular complexity index is 402. The third kappa shape index (κ3) is 4.50. The molecule has 2 N–H and O–H groups in total. The van der Waals surface area contributed by atoms with Gasteiger partial charge in [-0.25, -0.2) is 0 Å². The van der Waals surface area contributed by atoms with Gasteiger partial charge in [0, 0.05) is 6.04 Å². The molecule has 3 nitrogen and oxygen atoms in total. The summed E-state index contributed by atoms with van der Waals surface area (Å²) in [7, 11) is 1.95. The first-order valence-electron chi connectivity index (χ1n) is 7.77. The lowest BCUT2D eigenvalue weighted by molar-refractivity contribution is 0.0855. The highest BCUT2D eigenvalue weighted by Crippen LogP contribution is 2.28. The minimum absolute atomic E-state index is 0.307. The number of benzene rings is 1. The van der Waals surface area contributed by atoms with E-state index in [4.69, 9.17) is 4.74 Å². The van der Waals surface area contributed by atoms with Crippen LogP contribution >= 0.6 is 0 Å². The van der Waals surface area contributed by atoms with Gasteiger partial charge in [0.15, 0.2) is 0 Å². The zero-order chi connectivity index (χ0) is 14.4. The van der Waals surface area contributed by atoms with Crippen molar-refractivity contribution in [2.45, 2.75) is 51.2 Å². The molecule has 1 aromatic rings. The topological polar surface area (TPSA) is 41.5 Å². The van der Waals surface area contributed by atoms with E-state index in [9.17, 15) is 5.11 Å². The largest absolute Gasteiger partial charge is 0.491 e. The van der Waals surface area contributed by atoms with Crippen LogP contribution in [0.25, 0.3) is 0 Å². The highest BCUT2D eigenvalue weighted by molar-refractivity contribution is 5.30. The summed E-state index contributed by atoms with van der Waals surface area (Å²) in [6.07, 6.45) is 5.72. The van der Waals surface area contributed by atoms with Gasteiger partial charge in [0.1, 0.15) is 12.4 Å². The van der Waals surface area contributed by atoms with Crippen LogP contribution in [-0.4, -0.2) is 24.9 Å². The van der Waals surface area contributed by atoms with Crippen LogP contribution in [0.3, 0.4) is 0 Å². The third-order valence-corrected chi connectivity index (χ3v) is 4.31. The van der Waals surface area contributed by atoms with Crippen LogP contribution in [0.4, 0.5) is 0 Å². The Morgan fingerprint density at radius 1 is 1.35 bits per heavy atom. The lowest BCUT2D eigenvalue weighted by Crippen LogP contribution is -2.20. The number of nitrogens with one attached hydrogen (secondary N) is 1. The second kappa shape index (κ2) is 7.65. The van der Waals surface area contributed by atoms with Gasteiger partial charge in [-0.15, -0.1) is 0 Å². The molecule has 2 rings (SSSR count). The van der Waals surface area contributed by atoms with Gasteiger partial charge in [-0.05, 0) is 44.0 Å². The standard InChI is InChI=1S/C17H27NO2/c1-13(18-2)15-8-5-9-17(11-15)20-12-16(19)10-14-6-3-4-7-14/h5,8-9,11,13-14,16,18-19H,3-4,6-7,10,12H2,1-2H3. The maximum absolute atomic E-state index is 10.1. The number of rotatable bonds is 7. The maximum atomic E-state index is 10.1. The minimum atomic E-state index is -0.344. The molecule has 0 heterocycles. The highest BCUT2D eigenvalue weighted by atomic mass is 16.5. The van der Waals surface area contributed by atoms with Crippen molar-refractivity contribution in [1.82, 2.24) is 5.32 Å². The number of aliphatic hydroxyl groups is 1. The first kappa shape index (κ1) is 15.3. The molecule has 0 amide bonds. The Balaban J connectivity index is 1.80.